The van der Waals surface area contributed by atoms with Gasteiger partial charge in [-0.1, -0.05) is 61.9 Å². The molecule has 0 N–H and O–H groups in total. The number of Topliss-reactive ketones (excluding diaryl/α,β-unsaturated/α-hetero) is 1. The first-order valence-corrected chi connectivity index (χ1v) is 7.04. The molecule has 0 spiro atoms. The van der Waals surface area contributed by atoms with Crippen molar-refractivity contribution < 1.29 is 4.79 Å². The Kier molecular flexibility index (Phi) is 3.20. The molecular formula is C18H18O. The summed E-state index contributed by atoms with van der Waals surface area (Å²) in [7, 11) is 0. The van der Waals surface area contributed by atoms with Crippen LogP contribution in [0.3, 0.4) is 0 Å². The highest BCUT2D eigenvalue weighted by Gasteiger charge is 2.32. The first-order valence-electron chi connectivity index (χ1n) is 7.04. The molecule has 3 rings (SSSR count). The normalized spacial score (nSPS) is 13.1. The molecule has 0 fully saturated rings. The van der Waals surface area contributed by atoms with Gasteiger partial charge in [0.05, 0.1) is 5.92 Å². The third kappa shape index (κ3) is 1.99. The molecule has 19 heavy (non-hydrogen) atoms. The maximum atomic E-state index is 12.5. The Morgan fingerprint density at radius 1 is 0.947 bits per heavy atom. The van der Waals surface area contributed by atoms with Gasteiger partial charge < -0.3 is 0 Å². The van der Waals surface area contributed by atoms with E-state index in [1.807, 2.05) is 12.1 Å². The fourth-order valence-electron chi connectivity index (χ4n) is 3.00. The number of hydrogen-bond acceptors (Lipinski definition) is 1. The zero-order valence-corrected chi connectivity index (χ0v) is 11.2. The summed E-state index contributed by atoms with van der Waals surface area (Å²) < 4.78 is 0. The van der Waals surface area contributed by atoms with E-state index in [0.717, 1.165) is 12.8 Å². The van der Waals surface area contributed by atoms with E-state index in [4.69, 9.17) is 0 Å². The van der Waals surface area contributed by atoms with Gasteiger partial charge in [0.2, 0.25) is 0 Å². The fourth-order valence-corrected chi connectivity index (χ4v) is 3.00. The van der Waals surface area contributed by atoms with E-state index in [2.05, 4.69) is 43.3 Å². The van der Waals surface area contributed by atoms with Gasteiger partial charge in [-0.15, -0.1) is 0 Å². The highest BCUT2D eigenvalue weighted by atomic mass is 16.1. The predicted molar refractivity (Wildman–Crippen MR) is 78.3 cm³/mol. The van der Waals surface area contributed by atoms with Crippen molar-refractivity contribution in [1.29, 1.82) is 0 Å². The van der Waals surface area contributed by atoms with Gasteiger partial charge in [0.25, 0.3) is 0 Å². The zero-order chi connectivity index (χ0) is 13.2. The maximum Gasteiger partial charge on any atom is 0.144 e. The molecule has 0 bridgehead atoms. The third-order valence-corrected chi connectivity index (χ3v) is 3.93. The molecule has 0 aliphatic heterocycles. The van der Waals surface area contributed by atoms with Crippen LogP contribution >= 0.6 is 0 Å². The Morgan fingerprint density at radius 2 is 1.47 bits per heavy atom. The van der Waals surface area contributed by atoms with E-state index in [1.165, 1.54) is 22.3 Å². The fraction of sp³-hybridized carbons (Fsp3) is 0.278. The van der Waals surface area contributed by atoms with Crippen molar-refractivity contribution >= 4 is 5.78 Å². The summed E-state index contributed by atoms with van der Waals surface area (Å²) >= 11 is 0. The quantitative estimate of drug-likeness (QED) is 0.777. The van der Waals surface area contributed by atoms with Crippen LogP contribution in [0.25, 0.3) is 11.1 Å². The summed E-state index contributed by atoms with van der Waals surface area (Å²) in [4.78, 5) is 12.5. The third-order valence-electron chi connectivity index (χ3n) is 3.93. The largest absolute Gasteiger partial charge is 0.299 e. The maximum absolute atomic E-state index is 12.5. The second kappa shape index (κ2) is 5.00. The van der Waals surface area contributed by atoms with Crippen LogP contribution in [0, 0.1) is 0 Å². The first kappa shape index (κ1) is 12.2. The molecule has 0 atom stereocenters. The summed E-state index contributed by atoms with van der Waals surface area (Å²) in [5.41, 5.74) is 4.83. The SMILES string of the molecule is CCCCC(=O)C1c2ccccc2-c2ccccc21. The van der Waals surface area contributed by atoms with E-state index < -0.39 is 0 Å². The number of carbonyl (C=O) groups is 1. The second-order valence-electron chi connectivity index (χ2n) is 5.18. The minimum absolute atomic E-state index is 0.0426. The van der Waals surface area contributed by atoms with Crippen molar-refractivity contribution in [2.75, 3.05) is 0 Å². The number of ketones is 1. The van der Waals surface area contributed by atoms with Gasteiger partial charge in [-0.3, -0.25) is 4.79 Å². The molecule has 0 heterocycles. The van der Waals surface area contributed by atoms with Crippen molar-refractivity contribution in [3.63, 3.8) is 0 Å². The Labute approximate surface area is 114 Å². The summed E-state index contributed by atoms with van der Waals surface area (Å²) in [6, 6.07) is 16.6. The highest BCUT2D eigenvalue weighted by Crippen LogP contribution is 2.45. The Bertz CT molecular complexity index is 567. The molecule has 0 amide bonds. The van der Waals surface area contributed by atoms with E-state index in [1.54, 1.807) is 0 Å². The van der Waals surface area contributed by atoms with Gasteiger partial charge in [0, 0.05) is 6.42 Å². The van der Waals surface area contributed by atoms with Crippen molar-refractivity contribution in [1.82, 2.24) is 0 Å². The second-order valence-corrected chi connectivity index (χ2v) is 5.18. The number of hydrogen-bond donors (Lipinski definition) is 0. The average Bonchev–Trinajstić information content (AvgIpc) is 2.79. The minimum Gasteiger partial charge on any atom is -0.299 e. The lowest BCUT2D eigenvalue weighted by Crippen LogP contribution is -2.11. The Balaban J connectivity index is 2.07. The lowest BCUT2D eigenvalue weighted by Gasteiger charge is -2.12. The van der Waals surface area contributed by atoms with Crippen LogP contribution in [0.5, 0.6) is 0 Å². The number of carbonyl (C=O) groups excluding carboxylic acids is 1. The molecule has 1 aliphatic carbocycles. The van der Waals surface area contributed by atoms with E-state index in [0.29, 0.717) is 12.2 Å². The van der Waals surface area contributed by atoms with Crippen molar-refractivity contribution in [3.8, 4) is 11.1 Å². The summed E-state index contributed by atoms with van der Waals surface area (Å²) in [6.07, 6.45) is 2.74. The smallest absolute Gasteiger partial charge is 0.144 e. The Hall–Kier alpha value is -1.89. The molecule has 1 heteroatoms. The molecular weight excluding hydrogens is 232 g/mol. The molecule has 2 aromatic carbocycles. The number of benzene rings is 2. The minimum atomic E-state index is -0.0426. The lowest BCUT2D eigenvalue weighted by molar-refractivity contribution is -0.119. The molecule has 2 aromatic rings. The predicted octanol–water partition coefficient (Wildman–Crippen LogP) is 4.56. The van der Waals surface area contributed by atoms with Gasteiger partial charge >= 0.3 is 0 Å². The van der Waals surface area contributed by atoms with Gasteiger partial charge in [0.15, 0.2) is 0 Å². The Morgan fingerprint density at radius 3 is 2.00 bits per heavy atom. The molecule has 1 aliphatic rings. The van der Waals surface area contributed by atoms with E-state index >= 15 is 0 Å². The van der Waals surface area contributed by atoms with Gasteiger partial charge in [-0.25, -0.2) is 0 Å². The highest BCUT2D eigenvalue weighted by molar-refractivity contribution is 5.97. The van der Waals surface area contributed by atoms with Crippen LogP contribution in [0.4, 0.5) is 0 Å². The van der Waals surface area contributed by atoms with E-state index in [9.17, 15) is 4.79 Å². The standard InChI is InChI=1S/C18H18O/c1-2-3-12-17(19)18-15-10-6-4-8-13(15)14-9-5-7-11-16(14)18/h4-11,18H,2-3,12H2,1H3. The topological polar surface area (TPSA) is 17.1 Å². The van der Waals surface area contributed by atoms with Crippen LogP contribution in [0.15, 0.2) is 48.5 Å². The van der Waals surface area contributed by atoms with Crippen molar-refractivity contribution in [3.05, 3.63) is 59.7 Å². The summed E-state index contributed by atoms with van der Waals surface area (Å²) in [5.74, 6) is 0.318. The molecule has 96 valence electrons. The zero-order valence-electron chi connectivity index (χ0n) is 11.2. The molecule has 0 radical (unpaired) electrons. The van der Waals surface area contributed by atoms with Gasteiger partial charge in [-0.05, 0) is 28.7 Å². The summed E-state index contributed by atoms with van der Waals surface area (Å²) in [6.45, 7) is 2.13. The van der Waals surface area contributed by atoms with Crippen LogP contribution in [0.2, 0.25) is 0 Å². The van der Waals surface area contributed by atoms with Crippen molar-refractivity contribution in [2.45, 2.75) is 32.1 Å². The van der Waals surface area contributed by atoms with Gasteiger partial charge in [-0.2, -0.15) is 0 Å². The monoisotopic (exact) mass is 250 g/mol. The van der Waals surface area contributed by atoms with Crippen LogP contribution in [0.1, 0.15) is 43.2 Å². The van der Waals surface area contributed by atoms with Crippen LogP contribution in [-0.4, -0.2) is 5.78 Å². The lowest BCUT2D eigenvalue weighted by atomic mass is 9.90. The summed E-state index contributed by atoms with van der Waals surface area (Å²) in [5, 5.41) is 0. The molecule has 0 saturated carbocycles. The van der Waals surface area contributed by atoms with Gasteiger partial charge in [0.1, 0.15) is 5.78 Å². The van der Waals surface area contributed by atoms with Crippen molar-refractivity contribution in [2.24, 2.45) is 0 Å². The molecule has 0 saturated heterocycles. The molecule has 0 unspecified atom stereocenters. The number of rotatable bonds is 4. The van der Waals surface area contributed by atoms with Crippen LogP contribution in [-0.2, 0) is 4.79 Å². The first-order chi connectivity index (χ1) is 9.33. The molecule has 1 nitrogen and oxygen atoms in total. The molecule has 0 aromatic heterocycles. The average molecular weight is 250 g/mol. The van der Waals surface area contributed by atoms with Crippen LogP contribution < -0.4 is 0 Å². The van der Waals surface area contributed by atoms with E-state index in [-0.39, 0.29) is 5.92 Å². The number of unbranched alkanes of at least 4 members (excludes halogenated alkanes) is 1. The number of fused-ring (bicyclic) bond motifs is 3.